The minimum atomic E-state index is 0.251. The minimum absolute atomic E-state index is 0.251. The molecule has 94 valence electrons. The van der Waals surface area contributed by atoms with Crippen molar-refractivity contribution in [2.75, 3.05) is 18.7 Å². The Kier molecular flexibility index (Phi) is 2.65. The molecule has 2 aromatic rings. The standard InChI is InChI=1S/C13H10N4O2/c1-17(7-14)13-15-5-10(6-16-13)9-2-3-11-12(4-9)19-8-18-11/h2-6H,8H2,1H3. The van der Waals surface area contributed by atoms with Crippen LogP contribution in [0.2, 0.25) is 0 Å². The summed E-state index contributed by atoms with van der Waals surface area (Å²) in [6.45, 7) is 0.251. The molecule has 6 heteroatoms. The van der Waals surface area contributed by atoms with E-state index in [1.165, 1.54) is 4.90 Å². The monoisotopic (exact) mass is 254 g/mol. The Bertz CT molecular complexity index is 649. The van der Waals surface area contributed by atoms with Crippen molar-refractivity contribution in [3.8, 4) is 28.8 Å². The van der Waals surface area contributed by atoms with E-state index in [1.54, 1.807) is 19.4 Å². The van der Waals surface area contributed by atoms with Crippen molar-refractivity contribution in [1.29, 1.82) is 5.26 Å². The molecule has 0 N–H and O–H groups in total. The van der Waals surface area contributed by atoms with Crippen LogP contribution in [0.15, 0.2) is 30.6 Å². The van der Waals surface area contributed by atoms with Crippen LogP contribution in [0.5, 0.6) is 11.5 Å². The number of hydrogen-bond donors (Lipinski definition) is 0. The number of ether oxygens (including phenoxy) is 2. The molecule has 1 aliphatic heterocycles. The second kappa shape index (κ2) is 4.46. The molecule has 19 heavy (non-hydrogen) atoms. The topological polar surface area (TPSA) is 71.3 Å². The van der Waals surface area contributed by atoms with E-state index in [9.17, 15) is 0 Å². The lowest BCUT2D eigenvalue weighted by Gasteiger charge is -2.07. The molecular weight excluding hydrogens is 244 g/mol. The fourth-order valence-corrected chi connectivity index (χ4v) is 1.76. The summed E-state index contributed by atoms with van der Waals surface area (Å²) in [5, 5.41) is 8.75. The van der Waals surface area contributed by atoms with Gasteiger partial charge >= 0.3 is 0 Å². The SMILES string of the molecule is CN(C#N)c1ncc(-c2ccc3c(c2)OCO3)cn1. The van der Waals surface area contributed by atoms with E-state index in [0.29, 0.717) is 5.95 Å². The Morgan fingerprint density at radius 2 is 1.89 bits per heavy atom. The highest BCUT2D eigenvalue weighted by Gasteiger charge is 2.14. The van der Waals surface area contributed by atoms with E-state index in [0.717, 1.165) is 22.6 Å². The Morgan fingerprint density at radius 3 is 2.63 bits per heavy atom. The summed E-state index contributed by atoms with van der Waals surface area (Å²) in [5.74, 6) is 1.83. The first-order chi connectivity index (χ1) is 9.28. The lowest BCUT2D eigenvalue weighted by Crippen LogP contribution is -2.11. The summed E-state index contributed by atoms with van der Waals surface area (Å²) in [6, 6.07) is 5.65. The first kappa shape index (κ1) is 11.3. The average molecular weight is 254 g/mol. The zero-order valence-electron chi connectivity index (χ0n) is 10.2. The van der Waals surface area contributed by atoms with Crippen molar-refractivity contribution in [2.24, 2.45) is 0 Å². The zero-order valence-corrected chi connectivity index (χ0v) is 10.2. The van der Waals surface area contributed by atoms with Gasteiger partial charge in [-0.2, -0.15) is 5.26 Å². The van der Waals surface area contributed by atoms with Gasteiger partial charge in [-0.1, -0.05) is 6.07 Å². The van der Waals surface area contributed by atoms with E-state index in [1.807, 2.05) is 24.4 Å². The lowest BCUT2D eigenvalue weighted by atomic mass is 10.1. The third-order valence-corrected chi connectivity index (χ3v) is 2.79. The molecule has 3 rings (SSSR count). The lowest BCUT2D eigenvalue weighted by molar-refractivity contribution is 0.174. The van der Waals surface area contributed by atoms with Crippen molar-refractivity contribution in [3.63, 3.8) is 0 Å². The highest BCUT2D eigenvalue weighted by Crippen LogP contribution is 2.35. The highest BCUT2D eigenvalue weighted by molar-refractivity contribution is 5.66. The summed E-state index contributed by atoms with van der Waals surface area (Å²) >= 11 is 0. The van der Waals surface area contributed by atoms with Crippen molar-refractivity contribution in [3.05, 3.63) is 30.6 Å². The quantitative estimate of drug-likeness (QED) is 0.601. The van der Waals surface area contributed by atoms with Crippen LogP contribution in [0, 0.1) is 11.5 Å². The van der Waals surface area contributed by atoms with E-state index in [2.05, 4.69) is 9.97 Å². The fraction of sp³-hybridized carbons (Fsp3) is 0.154. The molecule has 0 saturated carbocycles. The third kappa shape index (κ3) is 2.02. The first-order valence-electron chi connectivity index (χ1n) is 5.63. The van der Waals surface area contributed by atoms with Gasteiger partial charge in [0.25, 0.3) is 0 Å². The van der Waals surface area contributed by atoms with Crippen LogP contribution in [-0.2, 0) is 0 Å². The largest absolute Gasteiger partial charge is 0.454 e. The van der Waals surface area contributed by atoms with E-state index < -0.39 is 0 Å². The van der Waals surface area contributed by atoms with Crippen LogP contribution in [0.4, 0.5) is 5.95 Å². The van der Waals surface area contributed by atoms with Gasteiger partial charge in [0.1, 0.15) is 0 Å². The van der Waals surface area contributed by atoms with Gasteiger partial charge in [-0.3, -0.25) is 4.90 Å². The summed E-state index contributed by atoms with van der Waals surface area (Å²) in [7, 11) is 1.61. The van der Waals surface area contributed by atoms with Crippen molar-refractivity contribution >= 4 is 5.95 Å². The maximum absolute atomic E-state index is 8.75. The number of benzene rings is 1. The molecule has 0 amide bonds. The van der Waals surface area contributed by atoms with Crippen molar-refractivity contribution in [1.82, 2.24) is 9.97 Å². The van der Waals surface area contributed by atoms with Gasteiger partial charge in [-0.05, 0) is 17.7 Å². The molecule has 0 unspecified atom stereocenters. The number of fused-ring (bicyclic) bond motifs is 1. The molecule has 0 atom stereocenters. The Labute approximate surface area is 109 Å². The number of nitrogens with zero attached hydrogens (tertiary/aromatic N) is 4. The van der Waals surface area contributed by atoms with Crippen LogP contribution in [-0.4, -0.2) is 23.8 Å². The summed E-state index contributed by atoms with van der Waals surface area (Å²) in [4.78, 5) is 9.57. The molecular formula is C13H10N4O2. The number of aromatic nitrogens is 2. The van der Waals surface area contributed by atoms with Crippen LogP contribution >= 0.6 is 0 Å². The van der Waals surface area contributed by atoms with E-state index in [-0.39, 0.29) is 6.79 Å². The Hall–Kier alpha value is -2.81. The second-order valence-electron chi connectivity index (χ2n) is 4.00. The van der Waals surface area contributed by atoms with Gasteiger partial charge < -0.3 is 9.47 Å². The van der Waals surface area contributed by atoms with Gasteiger partial charge in [-0.15, -0.1) is 0 Å². The third-order valence-electron chi connectivity index (χ3n) is 2.79. The van der Waals surface area contributed by atoms with Crippen LogP contribution in [0.25, 0.3) is 11.1 Å². The smallest absolute Gasteiger partial charge is 0.238 e. The molecule has 0 fully saturated rings. The summed E-state index contributed by atoms with van der Waals surface area (Å²) < 4.78 is 10.6. The second-order valence-corrected chi connectivity index (χ2v) is 4.00. The van der Waals surface area contributed by atoms with Crippen LogP contribution in [0.3, 0.4) is 0 Å². The Balaban J connectivity index is 1.92. The molecule has 1 aliphatic rings. The maximum Gasteiger partial charge on any atom is 0.238 e. The number of hydrogen-bond acceptors (Lipinski definition) is 6. The summed E-state index contributed by atoms with van der Waals surface area (Å²) in [5.41, 5.74) is 1.80. The van der Waals surface area contributed by atoms with E-state index in [4.69, 9.17) is 14.7 Å². The molecule has 1 aromatic heterocycles. The molecule has 6 nitrogen and oxygen atoms in total. The van der Waals surface area contributed by atoms with Gasteiger partial charge in [0, 0.05) is 25.0 Å². The highest BCUT2D eigenvalue weighted by atomic mass is 16.7. The molecule has 2 heterocycles. The predicted molar refractivity (Wildman–Crippen MR) is 67.6 cm³/mol. The molecule has 0 aliphatic carbocycles. The number of nitriles is 1. The molecule has 0 radical (unpaired) electrons. The summed E-state index contributed by atoms with van der Waals surface area (Å²) in [6.07, 6.45) is 5.29. The zero-order chi connectivity index (χ0) is 13.2. The van der Waals surface area contributed by atoms with Crippen molar-refractivity contribution < 1.29 is 9.47 Å². The minimum Gasteiger partial charge on any atom is -0.454 e. The van der Waals surface area contributed by atoms with Gasteiger partial charge in [0.15, 0.2) is 17.7 Å². The molecule has 0 spiro atoms. The van der Waals surface area contributed by atoms with Gasteiger partial charge in [-0.25, -0.2) is 9.97 Å². The molecule has 1 aromatic carbocycles. The number of anilines is 1. The van der Waals surface area contributed by atoms with Crippen molar-refractivity contribution in [2.45, 2.75) is 0 Å². The van der Waals surface area contributed by atoms with Crippen LogP contribution in [0.1, 0.15) is 0 Å². The Morgan fingerprint density at radius 1 is 1.16 bits per heavy atom. The average Bonchev–Trinajstić information content (AvgIpc) is 2.94. The van der Waals surface area contributed by atoms with Gasteiger partial charge in [0.2, 0.25) is 12.7 Å². The fourth-order valence-electron chi connectivity index (χ4n) is 1.76. The molecule has 0 bridgehead atoms. The normalized spacial score (nSPS) is 12.0. The maximum atomic E-state index is 8.75. The first-order valence-corrected chi connectivity index (χ1v) is 5.63. The van der Waals surface area contributed by atoms with Gasteiger partial charge in [0.05, 0.1) is 0 Å². The van der Waals surface area contributed by atoms with Crippen LogP contribution < -0.4 is 14.4 Å². The molecule has 0 saturated heterocycles. The predicted octanol–water partition coefficient (Wildman–Crippen LogP) is 1.79. The van der Waals surface area contributed by atoms with E-state index >= 15 is 0 Å². The number of rotatable bonds is 2.